The quantitative estimate of drug-likeness (QED) is 0.856. The molecule has 1 aromatic heterocycles. The first-order valence-electron chi connectivity index (χ1n) is 5.60. The highest BCUT2D eigenvalue weighted by molar-refractivity contribution is 9.10. The number of carboxylic acids is 1. The van der Waals surface area contributed by atoms with E-state index in [1.54, 1.807) is 0 Å². The number of carbonyl (C=O) groups is 1. The number of halogens is 4. The summed E-state index contributed by atoms with van der Waals surface area (Å²) in [5.74, 6) is -1.20. The Morgan fingerprint density at radius 1 is 1.29 bits per heavy atom. The molecule has 21 heavy (non-hydrogen) atoms. The number of pyridine rings is 1. The maximum atomic E-state index is 12.8. The van der Waals surface area contributed by atoms with Crippen LogP contribution in [0.1, 0.15) is 15.9 Å². The molecule has 0 amide bonds. The minimum absolute atomic E-state index is 0.0820. The van der Waals surface area contributed by atoms with Gasteiger partial charge in [-0.2, -0.15) is 13.2 Å². The summed E-state index contributed by atoms with van der Waals surface area (Å²) in [6.45, 7) is 0. The van der Waals surface area contributed by atoms with Crippen LogP contribution < -0.4 is 5.32 Å². The summed E-state index contributed by atoms with van der Waals surface area (Å²) in [6.07, 6.45) is -1.99. The van der Waals surface area contributed by atoms with Gasteiger partial charge in [-0.15, -0.1) is 0 Å². The fourth-order valence-electron chi connectivity index (χ4n) is 1.66. The number of benzene rings is 1. The number of carboxylic acid groups (broad SMARTS) is 1. The molecule has 2 N–H and O–H groups in total. The second-order valence-corrected chi connectivity index (χ2v) is 4.90. The van der Waals surface area contributed by atoms with Gasteiger partial charge in [0.2, 0.25) is 0 Å². The first-order valence-corrected chi connectivity index (χ1v) is 6.39. The van der Waals surface area contributed by atoms with Gasteiger partial charge in [-0.3, -0.25) is 4.98 Å². The molecule has 4 nitrogen and oxygen atoms in total. The van der Waals surface area contributed by atoms with Crippen molar-refractivity contribution in [2.24, 2.45) is 0 Å². The highest BCUT2D eigenvalue weighted by Gasteiger charge is 2.33. The topological polar surface area (TPSA) is 62.2 Å². The van der Waals surface area contributed by atoms with E-state index in [-0.39, 0.29) is 21.4 Å². The molecular weight excluding hydrogens is 353 g/mol. The summed E-state index contributed by atoms with van der Waals surface area (Å²) in [6, 6.07) is 4.79. The molecular formula is C13H8BrF3N2O2. The highest BCUT2D eigenvalue weighted by atomic mass is 79.9. The SMILES string of the molecule is O=C(O)c1ccncc1Nc1ccc(Br)c(C(F)(F)F)c1. The van der Waals surface area contributed by atoms with E-state index in [4.69, 9.17) is 5.11 Å². The van der Waals surface area contributed by atoms with Crippen LogP contribution in [0.4, 0.5) is 24.5 Å². The van der Waals surface area contributed by atoms with Crippen LogP contribution >= 0.6 is 15.9 Å². The molecule has 0 atom stereocenters. The zero-order valence-corrected chi connectivity index (χ0v) is 11.9. The predicted molar refractivity (Wildman–Crippen MR) is 73.6 cm³/mol. The van der Waals surface area contributed by atoms with Crippen LogP contribution in [0.15, 0.2) is 41.1 Å². The Morgan fingerprint density at radius 3 is 2.62 bits per heavy atom. The smallest absolute Gasteiger partial charge is 0.417 e. The van der Waals surface area contributed by atoms with Gasteiger partial charge in [0.05, 0.1) is 23.0 Å². The van der Waals surface area contributed by atoms with E-state index in [2.05, 4.69) is 26.2 Å². The summed E-state index contributed by atoms with van der Waals surface area (Å²) in [5, 5.41) is 11.6. The Hall–Kier alpha value is -2.09. The Morgan fingerprint density at radius 2 is 2.00 bits per heavy atom. The van der Waals surface area contributed by atoms with Crippen molar-refractivity contribution in [3.63, 3.8) is 0 Å². The maximum absolute atomic E-state index is 12.8. The molecule has 0 aliphatic carbocycles. The van der Waals surface area contributed by atoms with Crippen molar-refractivity contribution in [3.05, 3.63) is 52.3 Å². The molecule has 110 valence electrons. The molecule has 0 radical (unpaired) electrons. The molecule has 0 spiro atoms. The van der Waals surface area contributed by atoms with Gasteiger partial charge < -0.3 is 10.4 Å². The molecule has 1 heterocycles. The minimum Gasteiger partial charge on any atom is -0.478 e. The molecule has 0 bridgehead atoms. The van der Waals surface area contributed by atoms with Crippen molar-refractivity contribution in [2.45, 2.75) is 6.18 Å². The van der Waals surface area contributed by atoms with Gasteiger partial charge in [0.25, 0.3) is 0 Å². The monoisotopic (exact) mass is 360 g/mol. The van der Waals surface area contributed by atoms with Crippen molar-refractivity contribution in [2.75, 3.05) is 5.32 Å². The van der Waals surface area contributed by atoms with E-state index >= 15 is 0 Å². The van der Waals surface area contributed by atoms with Gasteiger partial charge in [-0.25, -0.2) is 4.79 Å². The average molecular weight is 361 g/mol. The third-order valence-corrected chi connectivity index (χ3v) is 3.29. The Bertz CT molecular complexity index is 689. The largest absolute Gasteiger partial charge is 0.478 e. The summed E-state index contributed by atoms with van der Waals surface area (Å²) in [4.78, 5) is 14.8. The molecule has 0 fully saturated rings. The Balaban J connectivity index is 2.40. The fourth-order valence-corrected chi connectivity index (χ4v) is 2.13. The number of alkyl halides is 3. The lowest BCUT2D eigenvalue weighted by Gasteiger charge is -2.13. The van der Waals surface area contributed by atoms with E-state index < -0.39 is 17.7 Å². The zero-order chi connectivity index (χ0) is 15.6. The predicted octanol–water partition coefficient (Wildman–Crippen LogP) is 4.30. The fraction of sp³-hybridized carbons (Fsp3) is 0.0769. The number of nitrogens with zero attached hydrogens (tertiary/aromatic N) is 1. The summed E-state index contributed by atoms with van der Waals surface area (Å²) in [7, 11) is 0. The first-order chi connectivity index (χ1) is 9.79. The lowest BCUT2D eigenvalue weighted by molar-refractivity contribution is -0.138. The Labute approximate surface area is 125 Å². The highest BCUT2D eigenvalue weighted by Crippen LogP contribution is 2.37. The van der Waals surface area contributed by atoms with Gasteiger partial charge in [-0.1, -0.05) is 15.9 Å². The average Bonchev–Trinajstić information content (AvgIpc) is 2.40. The molecule has 1 aromatic carbocycles. The minimum atomic E-state index is -4.51. The van der Waals surface area contributed by atoms with Gasteiger partial charge in [0.15, 0.2) is 0 Å². The van der Waals surface area contributed by atoms with Crippen LogP contribution in [0.25, 0.3) is 0 Å². The molecule has 0 unspecified atom stereocenters. The van der Waals surface area contributed by atoms with Crippen molar-refractivity contribution in [1.29, 1.82) is 0 Å². The molecule has 2 rings (SSSR count). The molecule has 0 aliphatic heterocycles. The maximum Gasteiger partial charge on any atom is 0.417 e. The summed E-state index contributed by atoms with van der Waals surface area (Å²) >= 11 is 2.84. The van der Waals surface area contributed by atoms with Crippen LogP contribution in [0.5, 0.6) is 0 Å². The number of hydrogen-bond acceptors (Lipinski definition) is 3. The summed E-state index contributed by atoms with van der Waals surface area (Å²) < 4.78 is 38.3. The van der Waals surface area contributed by atoms with E-state index in [1.807, 2.05) is 0 Å². The number of rotatable bonds is 3. The van der Waals surface area contributed by atoms with Crippen molar-refractivity contribution >= 4 is 33.3 Å². The molecule has 0 saturated heterocycles. The first kappa shape index (κ1) is 15.3. The van der Waals surface area contributed by atoms with Crippen LogP contribution in [-0.4, -0.2) is 16.1 Å². The van der Waals surface area contributed by atoms with E-state index in [9.17, 15) is 18.0 Å². The lowest BCUT2D eigenvalue weighted by Crippen LogP contribution is -2.07. The van der Waals surface area contributed by atoms with Crippen molar-refractivity contribution in [1.82, 2.24) is 4.98 Å². The molecule has 0 aliphatic rings. The second kappa shape index (κ2) is 5.72. The number of aromatic carboxylic acids is 1. The van der Waals surface area contributed by atoms with Crippen molar-refractivity contribution < 1.29 is 23.1 Å². The number of anilines is 2. The normalized spacial score (nSPS) is 11.2. The van der Waals surface area contributed by atoms with Crippen LogP contribution in [0, 0.1) is 0 Å². The molecule has 0 saturated carbocycles. The summed E-state index contributed by atoms with van der Waals surface area (Å²) in [5.41, 5.74) is -0.712. The van der Waals surface area contributed by atoms with Gasteiger partial charge in [0.1, 0.15) is 0 Å². The van der Waals surface area contributed by atoms with E-state index in [1.165, 1.54) is 30.6 Å². The zero-order valence-electron chi connectivity index (χ0n) is 10.3. The number of nitrogens with one attached hydrogen (secondary N) is 1. The van der Waals surface area contributed by atoms with E-state index in [0.29, 0.717) is 0 Å². The van der Waals surface area contributed by atoms with Crippen LogP contribution in [-0.2, 0) is 6.18 Å². The lowest BCUT2D eigenvalue weighted by atomic mass is 10.1. The standard InChI is InChI=1S/C13H8BrF3N2O2/c14-10-2-1-7(5-9(10)13(15,16)17)19-11-6-18-4-3-8(11)12(20)21/h1-6,19H,(H,20,21). The van der Waals surface area contributed by atoms with Crippen molar-refractivity contribution in [3.8, 4) is 0 Å². The van der Waals surface area contributed by atoms with E-state index in [0.717, 1.165) is 6.07 Å². The third kappa shape index (κ3) is 3.52. The van der Waals surface area contributed by atoms with Gasteiger partial charge in [0, 0.05) is 16.4 Å². The second-order valence-electron chi connectivity index (χ2n) is 4.04. The number of hydrogen-bond donors (Lipinski definition) is 2. The van der Waals surface area contributed by atoms with Crippen LogP contribution in [0.3, 0.4) is 0 Å². The molecule has 2 aromatic rings. The van der Waals surface area contributed by atoms with Crippen LogP contribution in [0.2, 0.25) is 0 Å². The van der Waals surface area contributed by atoms with Gasteiger partial charge in [-0.05, 0) is 24.3 Å². The third-order valence-electron chi connectivity index (χ3n) is 2.60. The molecule has 8 heteroatoms. The van der Waals surface area contributed by atoms with Gasteiger partial charge >= 0.3 is 12.1 Å². The number of aromatic nitrogens is 1. The Kier molecular flexibility index (Phi) is 4.17.